The number of carboxylic acids is 3. The molecule has 0 aliphatic rings. The van der Waals surface area contributed by atoms with E-state index in [-0.39, 0.29) is 16.7 Å². The van der Waals surface area contributed by atoms with Gasteiger partial charge in [0.15, 0.2) is 0 Å². The molecule has 0 fully saturated rings. The van der Waals surface area contributed by atoms with Crippen molar-refractivity contribution in [3.63, 3.8) is 0 Å². The highest BCUT2D eigenvalue weighted by atomic mass is 16.4. The Kier molecular flexibility index (Phi) is 8.81. The highest BCUT2D eigenvalue weighted by Crippen LogP contribution is 2.35. The number of rotatable bonds is 9. The van der Waals surface area contributed by atoms with E-state index in [0.29, 0.717) is 0 Å². The summed E-state index contributed by atoms with van der Waals surface area (Å²) >= 11 is 0. The fourth-order valence-electron chi connectivity index (χ4n) is 6.11. The molecule has 6 heteroatoms. The minimum Gasteiger partial charge on any atom is -0.478 e. The molecule has 0 bridgehead atoms. The van der Waals surface area contributed by atoms with Gasteiger partial charge in [-0.3, -0.25) is 0 Å². The van der Waals surface area contributed by atoms with Crippen LogP contribution < -0.4 is 0 Å². The van der Waals surface area contributed by atoms with Crippen molar-refractivity contribution in [1.82, 2.24) is 0 Å². The lowest BCUT2D eigenvalue weighted by molar-refractivity contribution is 0.0686. The van der Waals surface area contributed by atoms with Crippen LogP contribution in [0.3, 0.4) is 0 Å². The molecule has 0 unspecified atom stereocenters. The SMILES string of the molecule is O=C(O)c1ccc(-c2ccc(-c3cc(-c4ccc(-c5ccc(C(=O)O)cc5)cc4)cc(-c4ccc(-c5ccc(C(=O)O)cc5)cc4)c3)cc2)cc1. The summed E-state index contributed by atoms with van der Waals surface area (Å²) < 4.78 is 0. The molecule has 7 aromatic rings. The van der Waals surface area contributed by atoms with Crippen LogP contribution in [-0.4, -0.2) is 33.2 Å². The van der Waals surface area contributed by atoms with E-state index in [9.17, 15) is 29.7 Å². The minimum absolute atomic E-state index is 0.243. The zero-order valence-electron chi connectivity index (χ0n) is 27.2. The van der Waals surface area contributed by atoms with Crippen LogP contribution in [0.15, 0.2) is 164 Å². The summed E-state index contributed by atoms with van der Waals surface area (Å²) in [7, 11) is 0. The van der Waals surface area contributed by atoms with Crippen molar-refractivity contribution in [2.45, 2.75) is 0 Å². The van der Waals surface area contributed by atoms with Crippen molar-refractivity contribution in [2.24, 2.45) is 0 Å². The Bertz CT molecular complexity index is 2090. The van der Waals surface area contributed by atoms with Crippen LogP contribution in [0.4, 0.5) is 0 Å². The maximum atomic E-state index is 11.3. The van der Waals surface area contributed by atoms with Crippen LogP contribution in [-0.2, 0) is 0 Å². The first-order valence-electron chi connectivity index (χ1n) is 16.2. The topological polar surface area (TPSA) is 112 Å². The lowest BCUT2D eigenvalue weighted by atomic mass is 9.91. The molecule has 0 atom stereocenters. The second-order valence-corrected chi connectivity index (χ2v) is 12.2. The van der Waals surface area contributed by atoms with Crippen LogP contribution >= 0.6 is 0 Å². The molecule has 0 aromatic heterocycles. The highest BCUT2D eigenvalue weighted by molar-refractivity contribution is 5.90. The highest BCUT2D eigenvalue weighted by Gasteiger charge is 2.11. The van der Waals surface area contributed by atoms with Crippen LogP contribution in [0.2, 0.25) is 0 Å². The molecule has 0 aliphatic heterocycles. The quantitative estimate of drug-likeness (QED) is 0.141. The van der Waals surface area contributed by atoms with Gasteiger partial charge in [0.25, 0.3) is 0 Å². The van der Waals surface area contributed by atoms with Gasteiger partial charge in [-0.15, -0.1) is 0 Å². The fraction of sp³-hybridized carbons (Fsp3) is 0. The summed E-state index contributed by atoms with van der Waals surface area (Å²) in [4.78, 5) is 33.9. The maximum absolute atomic E-state index is 11.3. The molecule has 246 valence electrons. The van der Waals surface area contributed by atoms with E-state index in [2.05, 4.69) is 54.6 Å². The number of hydrogen-bond donors (Lipinski definition) is 3. The summed E-state index contributed by atoms with van der Waals surface area (Å²) in [5, 5.41) is 27.8. The minimum atomic E-state index is -0.958. The predicted molar refractivity (Wildman–Crippen MR) is 200 cm³/mol. The first kappa shape index (κ1) is 32.5. The van der Waals surface area contributed by atoms with E-state index in [1.165, 1.54) is 0 Å². The second kappa shape index (κ2) is 13.8. The number of benzene rings is 7. The molecular formula is C45H30O6. The standard InChI is InChI=1S/C45H30O6/c46-43(47)37-19-13-31(14-20-37)28-1-7-34(8-2-28)40-25-41(35-9-3-29(4-10-35)32-15-21-38(22-16-32)44(48)49)27-42(26-40)36-11-5-30(6-12-36)33-17-23-39(24-18-33)45(50)51/h1-27H,(H,46,47)(H,48,49)(H,50,51). The average Bonchev–Trinajstić information content (AvgIpc) is 3.18. The van der Waals surface area contributed by atoms with Crippen molar-refractivity contribution >= 4 is 17.9 Å². The largest absolute Gasteiger partial charge is 0.478 e. The molecule has 0 aliphatic carbocycles. The van der Waals surface area contributed by atoms with Crippen LogP contribution in [0.5, 0.6) is 0 Å². The van der Waals surface area contributed by atoms with Gasteiger partial charge in [0.1, 0.15) is 0 Å². The zero-order valence-corrected chi connectivity index (χ0v) is 27.2. The van der Waals surface area contributed by atoms with E-state index in [0.717, 1.165) is 66.8 Å². The first-order chi connectivity index (χ1) is 24.7. The van der Waals surface area contributed by atoms with Gasteiger partial charge >= 0.3 is 17.9 Å². The van der Waals surface area contributed by atoms with Crippen LogP contribution in [0.1, 0.15) is 31.1 Å². The molecule has 51 heavy (non-hydrogen) atoms. The van der Waals surface area contributed by atoms with Gasteiger partial charge in [-0.05, 0) is 121 Å². The summed E-state index contributed by atoms with van der Waals surface area (Å²) in [5.74, 6) is -2.87. The number of aromatic carboxylic acids is 3. The van der Waals surface area contributed by atoms with E-state index in [1.807, 2.05) is 72.8 Å². The monoisotopic (exact) mass is 666 g/mol. The Balaban J connectivity index is 1.24. The smallest absolute Gasteiger partial charge is 0.335 e. The van der Waals surface area contributed by atoms with Gasteiger partial charge in [0, 0.05) is 0 Å². The summed E-state index contributed by atoms with van der Waals surface area (Å²) in [6.45, 7) is 0. The molecule has 0 amide bonds. The molecule has 0 saturated carbocycles. The van der Waals surface area contributed by atoms with E-state index >= 15 is 0 Å². The summed E-state index contributed by atoms with van der Waals surface area (Å²) in [6.07, 6.45) is 0. The molecule has 0 saturated heterocycles. The molecule has 3 N–H and O–H groups in total. The average molecular weight is 667 g/mol. The molecule has 7 rings (SSSR count). The van der Waals surface area contributed by atoms with Gasteiger partial charge < -0.3 is 15.3 Å². The van der Waals surface area contributed by atoms with Crippen molar-refractivity contribution in [1.29, 1.82) is 0 Å². The Morgan fingerprint density at radius 1 is 0.235 bits per heavy atom. The van der Waals surface area contributed by atoms with E-state index in [1.54, 1.807) is 36.4 Å². The molecule has 6 nitrogen and oxygen atoms in total. The number of carboxylic acid groups (broad SMARTS) is 3. The Morgan fingerprint density at radius 2 is 0.373 bits per heavy atom. The molecular weight excluding hydrogens is 636 g/mol. The van der Waals surface area contributed by atoms with Crippen LogP contribution in [0.25, 0.3) is 66.8 Å². The lowest BCUT2D eigenvalue weighted by Crippen LogP contribution is -1.95. The van der Waals surface area contributed by atoms with Gasteiger partial charge in [-0.1, -0.05) is 109 Å². The second-order valence-electron chi connectivity index (χ2n) is 12.2. The van der Waals surface area contributed by atoms with Crippen molar-refractivity contribution in [3.05, 3.63) is 180 Å². The third kappa shape index (κ3) is 7.07. The molecule has 0 spiro atoms. The van der Waals surface area contributed by atoms with Gasteiger partial charge in [-0.25, -0.2) is 14.4 Å². The summed E-state index contributed by atoms with van der Waals surface area (Å²) in [6, 6.07) is 51.6. The fourth-order valence-corrected chi connectivity index (χ4v) is 6.11. The maximum Gasteiger partial charge on any atom is 0.335 e. The Morgan fingerprint density at radius 3 is 0.529 bits per heavy atom. The predicted octanol–water partition coefficient (Wildman–Crippen LogP) is 10.8. The Labute approximate surface area is 294 Å². The third-order valence-electron chi connectivity index (χ3n) is 8.98. The number of hydrogen-bond acceptors (Lipinski definition) is 3. The summed E-state index contributed by atoms with van der Waals surface area (Å²) in [5.41, 5.74) is 12.6. The normalized spacial score (nSPS) is 10.8. The van der Waals surface area contributed by atoms with Crippen molar-refractivity contribution < 1.29 is 29.7 Å². The molecule has 0 heterocycles. The lowest BCUT2D eigenvalue weighted by Gasteiger charge is -2.13. The van der Waals surface area contributed by atoms with Gasteiger partial charge in [0.2, 0.25) is 0 Å². The van der Waals surface area contributed by atoms with E-state index < -0.39 is 17.9 Å². The molecule has 0 radical (unpaired) electrons. The number of carbonyl (C=O) groups is 3. The molecule has 7 aromatic carbocycles. The van der Waals surface area contributed by atoms with Crippen LogP contribution in [0, 0.1) is 0 Å². The zero-order chi connectivity index (χ0) is 35.5. The van der Waals surface area contributed by atoms with Crippen molar-refractivity contribution in [2.75, 3.05) is 0 Å². The van der Waals surface area contributed by atoms with Gasteiger partial charge in [0.05, 0.1) is 16.7 Å². The first-order valence-corrected chi connectivity index (χ1v) is 16.2. The van der Waals surface area contributed by atoms with Gasteiger partial charge in [-0.2, -0.15) is 0 Å². The van der Waals surface area contributed by atoms with Crippen molar-refractivity contribution in [3.8, 4) is 66.8 Å². The third-order valence-corrected chi connectivity index (χ3v) is 8.98. The Hall–Kier alpha value is -7.05. The van der Waals surface area contributed by atoms with E-state index in [4.69, 9.17) is 0 Å².